The predicted molar refractivity (Wildman–Crippen MR) is 90.7 cm³/mol. The number of nitrogens with one attached hydrogen (secondary N) is 1. The monoisotopic (exact) mass is 358 g/mol. The number of esters is 1. The molecule has 2 aromatic carbocycles. The average molecular weight is 358 g/mol. The first-order chi connectivity index (χ1) is 12.5. The fourth-order valence-corrected chi connectivity index (χ4v) is 2.50. The van der Waals surface area contributed by atoms with Crippen LogP contribution in [-0.4, -0.2) is 38.0 Å². The Balaban J connectivity index is 1.81. The topological polar surface area (TPSA) is 84.9 Å². The maximum absolute atomic E-state index is 12.9. The van der Waals surface area contributed by atoms with Crippen molar-refractivity contribution in [2.24, 2.45) is 0 Å². The van der Waals surface area contributed by atoms with Crippen molar-refractivity contribution in [3.63, 3.8) is 0 Å². The quantitative estimate of drug-likeness (QED) is 0.845. The zero-order valence-electron chi connectivity index (χ0n) is 13.8. The summed E-state index contributed by atoms with van der Waals surface area (Å²) in [6, 6.07) is 9.75. The van der Waals surface area contributed by atoms with Crippen LogP contribution >= 0.6 is 0 Å². The van der Waals surface area contributed by atoms with Crippen LogP contribution in [0.2, 0.25) is 0 Å². The summed E-state index contributed by atoms with van der Waals surface area (Å²) in [5, 5.41) is 2.58. The summed E-state index contributed by atoms with van der Waals surface area (Å²) < 4.78 is 22.9. The minimum atomic E-state index is -0.568. The lowest BCUT2D eigenvalue weighted by Gasteiger charge is -2.29. The number of halogens is 1. The largest absolute Gasteiger partial charge is 0.482 e. The third-order valence-corrected chi connectivity index (χ3v) is 3.75. The number of benzene rings is 2. The van der Waals surface area contributed by atoms with E-state index >= 15 is 0 Å². The summed E-state index contributed by atoms with van der Waals surface area (Å²) in [7, 11) is 1.25. The van der Waals surface area contributed by atoms with Crippen LogP contribution in [0.4, 0.5) is 15.8 Å². The van der Waals surface area contributed by atoms with Gasteiger partial charge in [-0.25, -0.2) is 9.18 Å². The first-order valence-electron chi connectivity index (χ1n) is 7.69. The number of carbonyl (C=O) groups is 3. The zero-order chi connectivity index (χ0) is 18.7. The summed E-state index contributed by atoms with van der Waals surface area (Å²) in [6.45, 7) is -0.494. The van der Waals surface area contributed by atoms with Gasteiger partial charge < -0.3 is 14.8 Å². The Hall–Kier alpha value is -3.42. The van der Waals surface area contributed by atoms with Crippen molar-refractivity contribution in [3.8, 4) is 5.75 Å². The third kappa shape index (κ3) is 3.64. The SMILES string of the molecule is COC(=O)c1ccc2c(c1)N(CC(=O)Nc1ccc(F)cc1)C(=O)CO2. The van der Waals surface area contributed by atoms with Crippen molar-refractivity contribution in [2.45, 2.75) is 0 Å². The Kier molecular flexibility index (Phi) is 4.83. The van der Waals surface area contributed by atoms with Gasteiger partial charge in [-0.2, -0.15) is 0 Å². The van der Waals surface area contributed by atoms with Crippen LogP contribution in [-0.2, 0) is 14.3 Å². The van der Waals surface area contributed by atoms with Gasteiger partial charge in [0.15, 0.2) is 6.61 Å². The fourth-order valence-electron chi connectivity index (χ4n) is 2.50. The molecule has 0 atom stereocenters. The Labute approximate surface area is 148 Å². The number of nitrogens with zero attached hydrogens (tertiary/aromatic N) is 1. The predicted octanol–water partition coefficient (Wildman–Crippen LogP) is 1.98. The molecule has 0 bridgehead atoms. The standard InChI is InChI=1S/C18H15FN2O5/c1-25-18(24)11-2-7-15-14(8-11)21(17(23)10-26-15)9-16(22)20-13-5-3-12(19)4-6-13/h2-8H,9-10H2,1H3,(H,20,22). The molecule has 0 unspecified atom stereocenters. The molecule has 1 aliphatic rings. The van der Waals surface area contributed by atoms with Crippen molar-refractivity contribution in [1.29, 1.82) is 0 Å². The first-order valence-corrected chi connectivity index (χ1v) is 7.69. The van der Waals surface area contributed by atoms with E-state index in [2.05, 4.69) is 10.1 Å². The molecule has 134 valence electrons. The van der Waals surface area contributed by atoms with Crippen LogP contribution in [0.15, 0.2) is 42.5 Å². The molecule has 1 N–H and O–H groups in total. The molecule has 2 aromatic rings. The van der Waals surface area contributed by atoms with Crippen molar-refractivity contribution in [1.82, 2.24) is 0 Å². The molecule has 0 spiro atoms. The summed E-state index contributed by atoms with van der Waals surface area (Å²) in [4.78, 5) is 37.4. The van der Waals surface area contributed by atoms with Gasteiger partial charge in [0, 0.05) is 5.69 Å². The summed E-state index contributed by atoms with van der Waals surface area (Å²) >= 11 is 0. The van der Waals surface area contributed by atoms with Gasteiger partial charge in [0.2, 0.25) is 5.91 Å². The van der Waals surface area contributed by atoms with Gasteiger partial charge in [-0.1, -0.05) is 0 Å². The molecule has 8 heteroatoms. The van der Waals surface area contributed by atoms with E-state index in [0.717, 1.165) is 0 Å². The number of rotatable bonds is 4. The lowest BCUT2D eigenvalue weighted by Crippen LogP contribution is -2.43. The minimum absolute atomic E-state index is 0.214. The second-order valence-electron chi connectivity index (χ2n) is 5.50. The highest BCUT2D eigenvalue weighted by Gasteiger charge is 2.28. The Morgan fingerprint density at radius 3 is 2.65 bits per heavy atom. The van der Waals surface area contributed by atoms with Crippen LogP contribution in [0.3, 0.4) is 0 Å². The van der Waals surface area contributed by atoms with E-state index in [1.54, 1.807) is 6.07 Å². The lowest BCUT2D eigenvalue weighted by molar-refractivity contribution is -0.123. The first kappa shape index (κ1) is 17.4. The molecule has 0 saturated carbocycles. The molecule has 1 heterocycles. The second-order valence-corrected chi connectivity index (χ2v) is 5.50. The number of hydrogen-bond acceptors (Lipinski definition) is 5. The van der Waals surface area contributed by atoms with Gasteiger partial charge in [-0.15, -0.1) is 0 Å². The molecule has 0 radical (unpaired) electrons. The number of anilines is 2. The highest BCUT2D eigenvalue weighted by molar-refractivity contribution is 6.05. The Morgan fingerprint density at radius 1 is 1.23 bits per heavy atom. The van der Waals surface area contributed by atoms with Gasteiger partial charge in [-0.3, -0.25) is 14.5 Å². The molecule has 1 aliphatic heterocycles. The van der Waals surface area contributed by atoms with E-state index in [1.807, 2.05) is 0 Å². The number of fused-ring (bicyclic) bond motifs is 1. The van der Waals surface area contributed by atoms with E-state index in [1.165, 1.54) is 48.4 Å². The van der Waals surface area contributed by atoms with Gasteiger partial charge in [0.1, 0.15) is 18.1 Å². The van der Waals surface area contributed by atoms with E-state index in [9.17, 15) is 18.8 Å². The second kappa shape index (κ2) is 7.22. The molecule has 0 aromatic heterocycles. The molecule has 26 heavy (non-hydrogen) atoms. The van der Waals surface area contributed by atoms with Crippen LogP contribution in [0.1, 0.15) is 10.4 Å². The normalized spacial score (nSPS) is 12.8. The number of amides is 2. The highest BCUT2D eigenvalue weighted by Crippen LogP contribution is 2.33. The van der Waals surface area contributed by atoms with Crippen LogP contribution < -0.4 is 15.0 Å². The Bertz CT molecular complexity index is 866. The summed E-state index contributed by atoms with van der Waals surface area (Å²) in [5.41, 5.74) is 0.938. The maximum atomic E-state index is 12.9. The molecule has 3 rings (SSSR count). The van der Waals surface area contributed by atoms with E-state index in [0.29, 0.717) is 17.1 Å². The highest BCUT2D eigenvalue weighted by atomic mass is 19.1. The molecule has 2 amide bonds. The van der Waals surface area contributed by atoms with Gasteiger partial charge >= 0.3 is 5.97 Å². The smallest absolute Gasteiger partial charge is 0.337 e. The summed E-state index contributed by atoms with van der Waals surface area (Å²) in [5.74, 6) is -1.50. The number of methoxy groups -OCH3 is 1. The summed E-state index contributed by atoms with van der Waals surface area (Å²) in [6.07, 6.45) is 0. The zero-order valence-corrected chi connectivity index (χ0v) is 13.8. The molecule has 7 nitrogen and oxygen atoms in total. The number of carbonyl (C=O) groups excluding carboxylic acids is 3. The van der Waals surface area contributed by atoms with Crippen LogP contribution in [0.25, 0.3) is 0 Å². The minimum Gasteiger partial charge on any atom is -0.482 e. The van der Waals surface area contributed by atoms with Crippen molar-refractivity contribution < 1.29 is 28.2 Å². The lowest BCUT2D eigenvalue weighted by atomic mass is 10.1. The fraction of sp³-hybridized carbons (Fsp3) is 0.167. The molecule has 0 aliphatic carbocycles. The van der Waals surface area contributed by atoms with Crippen molar-refractivity contribution in [3.05, 3.63) is 53.8 Å². The van der Waals surface area contributed by atoms with Gasteiger partial charge in [0.05, 0.1) is 18.4 Å². The third-order valence-electron chi connectivity index (χ3n) is 3.75. The van der Waals surface area contributed by atoms with E-state index in [-0.39, 0.29) is 18.7 Å². The van der Waals surface area contributed by atoms with Gasteiger partial charge in [0.25, 0.3) is 5.91 Å². The maximum Gasteiger partial charge on any atom is 0.337 e. The number of hydrogen-bond donors (Lipinski definition) is 1. The van der Waals surface area contributed by atoms with E-state index in [4.69, 9.17) is 4.74 Å². The Morgan fingerprint density at radius 2 is 1.96 bits per heavy atom. The van der Waals surface area contributed by atoms with Crippen LogP contribution in [0, 0.1) is 5.82 Å². The molecular formula is C18H15FN2O5. The van der Waals surface area contributed by atoms with E-state index < -0.39 is 23.6 Å². The molecule has 0 saturated heterocycles. The average Bonchev–Trinajstić information content (AvgIpc) is 2.65. The van der Waals surface area contributed by atoms with Gasteiger partial charge in [-0.05, 0) is 42.5 Å². The van der Waals surface area contributed by atoms with Crippen molar-refractivity contribution >= 4 is 29.2 Å². The van der Waals surface area contributed by atoms with Crippen LogP contribution in [0.5, 0.6) is 5.75 Å². The van der Waals surface area contributed by atoms with Crippen molar-refractivity contribution in [2.75, 3.05) is 30.5 Å². The molecular weight excluding hydrogens is 343 g/mol. The molecule has 0 fully saturated rings. The number of ether oxygens (including phenoxy) is 2.